The van der Waals surface area contributed by atoms with Crippen molar-refractivity contribution < 1.29 is 23.2 Å². The van der Waals surface area contributed by atoms with E-state index in [1.165, 1.54) is 29.7 Å². The Morgan fingerprint density at radius 1 is 1.13 bits per heavy atom. The van der Waals surface area contributed by atoms with Crippen molar-refractivity contribution in [1.29, 1.82) is 0 Å². The molecule has 11 heteroatoms. The number of hydrogen-bond donors (Lipinski definition) is 2. The zero-order valence-corrected chi connectivity index (χ0v) is 15.6. The summed E-state index contributed by atoms with van der Waals surface area (Å²) >= 11 is 0. The lowest BCUT2D eigenvalue weighted by Crippen LogP contribution is -2.18. The minimum atomic E-state index is -4.60. The van der Waals surface area contributed by atoms with Gasteiger partial charge < -0.3 is 0 Å². The molecule has 2 N–H and O–H groups in total. The van der Waals surface area contributed by atoms with Crippen molar-refractivity contribution in [3.8, 4) is 11.3 Å². The van der Waals surface area contributed by atoms with Crippen LogP contribution < -0.4 is 5.48 Å². The third-order valence-electron chi connectivity index (χ3n) is 4.63. The number of aromatic nitrogens is 5. The topological polar surface area (TPSA) is 97.9 Å². The molecule has 0 spiro atoms. The third-order valence-corrected chi connectivity index (χ3v) is 4.63. The molecule has 0 radical (unpaired) electrons. The first-order chi connectivity index (χ1) is 14.3. The first-order valence-corrected chi connectivity index (χ1v) is 8.74. The Bertz CT molecular complexity index is 1230. The molecule has 154 valence electrons. The highest BCUT2D eigenvalue weighted by Crippen LogP contribution is 2.33. The summed E-state index contributed by atoms with van der Waals surface area (Å²) in [5.74, 6) is -0.710. The van der Waals surface area contributed by atoms with Gasteiger partial charge in [0.05, 0.1) is 17.8 Å². The highest BCUT2D eigenvalue weighted by Gasteiger charge is 2.36. The van der Waals surface area contributed by atoms with Crippen molar-refractivity contribution in [3.05, 3.63) is 65.4 Å². The first-order valence-electron chi connectivity index (χ1n) is 8.74. The molecular weight excluding hydrogens is 401 g/mol. The Morgan fingerprint density at radius 2 is 1.87 bits per heavy atom. The van der Waals surface area contributed by atoms with Gasteiger partial charge in [0.2, 0.25) is 0 Å². The van der Waals surface area contributed by atoms with Gasteiger partial charge in [-0.2, -0.15) is 18.3 Å². The van der Waals surface area contributed by atoms with Crippen LogP contribution in [0.15, 0.2) is 48.5 Å². The SMILES string of the molecule is Cn1nnc2cc(-c3cc(C(F)(F)F)n(Cc4ccc(C(=O)NO)cc4)n3)ccc21. The predicted octanol–water partition coefficient (Wildman–Crippen LogP) is 3.02. The number of alkyl halides is 3. The molecule has 0 bridgehead atoms. The van der Waals surface area contributed by atoms with E-state index in [1.807, 2.05) is 0 Å². The van der Waals surface area contributed by atoms with Crippen LogP contribution in [0, 0.1) is 0 Å². The molecule has 2 aromatic carbocycles. The maximum absolute atomic E-state index is 13.6. The molecule has 0 saturated heterocycles. The van der Waals surface area contributed by atoms with Crippen LogP contribution in [0.3, 0.4) is 0 Å². The molecule has 0 saturated carbocycles. The minimum absolute atomic E-state index is 0.150. The number of nitrogens with one attached hydrogen (secondary N) is 1. The van der Waals surface area contributed by atoms with Crippen LogP contribution in [-0.2, 0) is 19.8 Å². The van der Waals surface area contributed by atoms with Gasteiger partial charge in [0.15, 0.2) is 0 Å². The monoisotopic (exact) mass is 416 g/mol. The second-order valence-corrected chi connectivity index (χ2v) is 6.62. The van der Waals surface area contributed by atoms with Gasteiger partial charge in [-0.05, 0) is 35.9 Å². The zero-order chi connectivity index (χ0) is 21.5. The maximum Gasteiger partial charge on any atom is 0.433 e. The van der Waals surface area contributed by atoms with Crippen LogP contribution in [0.25, 0.3) is 22.3 Å². The van der Waals surface area contributed by atoms with Crippen molar-refractivity contribution in [2.24, 2.45) is 7.05 Å². The molecule has 0 aliphatic rings. The van der Waals surface area contributed by atoms with Crippen LogP contribution in [0.4, 0.5) is 13.2 Å². The number of rotatable bonds is 4. The van der Waals surface area contributed by atoms with Crippen LogP contribution in [0.5, 0.6) is 0 Å². The number of carbonyl (C=O) groups is 1. The number of nitrogens with zero attached hydrogens (tertiary/aromatic N) is 5. The smallest absolute Gasteiger partial charge is 0.288 e. The molecule has 0 fully saturated rings. The summed E-state index contributed by atoms with van der Waals surface area (Å²) < 4.78 is 43.2. The summed E-state index contributed by atoms with van der Waals surface area (Å²) in [6, 6.07) is 11.8. The largest absolute Gasteiger partial charge is 0.433 e. The molecule has 4 rings (SSSR count). The summed E-state index contributed by atoms with van der Waals surface area (Å²) in [5, 5.41) is 20.7. The van der Waals surface area contributed by atoms with Crippen molar-refractivity contribution in [1.82, 2.24) is 30.3 Å². The van der Waals surface area contributed by atoms with Gasteiger partial charge in [0.25, 0.3) is 5.91 Å². The molecule has 1 amide bonds. The summed E-state index contributed by atoms with van der Waals surface area (Å²) in [7, 11) is 1.72. The molecule has 2 aromatic heterocycles. The van der Waals surface area contributed by atoms with E-state index in [2.05, 4.69) is 15.4 Å². The van der Waals surface area contributed by atoms with Crippen LogP contribution in [0.1, 0.15) is 21.6 Å². The van der Waals surface area contributed by atoms with E-state index in [1.54, 1.807) is 29.9 Å². The molecular formula is C19H15F3N6O2. The summed E-state index contributed by atoms with van der Waals surface area (Å²) in [6.07, 6.45) is -4.60. The Hall–Kier alpha value is -3.73. The molecule has 2 heterocycles. The van der Waals surface area contributed by atoms with Crippen molar-refractivity contribution in [3.63, 3.8) is 0 Å². The number of hydroxylamine groups is 1. The van der Waals surface area contributed by atoms with E-state index in [4.69, 9.17) is 5.21 Å². The summed E-state index contributed by atoms with van der Waals surface area (Å²) in [4.78, 5) is 11.4. The lowest BCUT2D eigenvalue weighted by molar-refractivity contribution is -0.144. The molecule has 0 unspecified atom stereocenters. The van der Waals surface area contributed by atoms with Gasteiger partial charge in [-0.25, -0.2) is 10.2 Å². The maximum atomic E-state index is 13.6. The van der Waals surface area contributed by atoms with Crippen LogP contribution in [-0.4, -0.2) is 35.9 Å². The van der Waals surface area contributed by atoms with Gasteiger partial charge in [0.1, 0.15) is 11.2 Å². The highest BCUT2D eigenvalue weighted by molar-refractivity contribution is 5.93. The predicted molar refractivity (Wildman–Crippen MR) is 99.5 cm³/mol. The van der Waals surface area contributed by atoms with Gasteiger partial charge in [0, 0.05) is 18.2 Å². The standard InChI is InChI=1S/C19H15F3N6O2/c1-27-16-7-6-13(8-15(16)23-26-27)14-9-17(19(20,21)22)28(24-14)10-11-2-4-12(5-3-11)18(29)25-30/h2-9,30H,10H2,1H3,(H,25,29). The van der Waals surface area contributed by atoms with Crippen molar-refractivity contribution in [2.45, 2.75) is 12.7 Å². The molecule has 4 aromatic rings. The number of aryl methyl sites for hydroxylation is 1. The average molecular weight is 416 g/mol. The quantitative estimate of drug-likeness (QED) is 0.394. The Balaban J connectivity index is 1.70. The average Bonchev–Trinajstić information content (AvgIpc) is 3.31. The van der Waals surface area contributed by atoms with Crippen LogP contribution in [0.2, 0.25) is 0 Å². The molecule has 0 aliphatic carbocycles. The number of fused-ring (bicyclic) bond motifs is 1. The molecule has 0 atom stereocenters. The summed E-state index contributed by atoms with van der Waals surface area (Å²) in [6.45, 7) is -0.150. The Morgan fingerprint density at radius 3 is 2.53 bits per heavy atom. The Kier molecular flexibility index (Phi) is 4.74. The Labute approximate surface area is 167 Å². The van der Waals surface area contributed by atoms with Gasteiger partial charge in [-0.3, -0.25) is 14.7 Å². The molecule has 8 nitrogen and oxygen atoms in total. The lowest BCUT2D eigenvalue weighted by atomic mass is 10.1. The molecule has 0 aliphatic heterocycles. The number of benzene rings is 2. The van der Waals surface area contributed by atoms with Gasteiger partial charge >= 0.3 is 6.18 Å². The van der Waals surface area contributed by atoms with E-state index < -0.39 is 17.8 Å². The zero-order valence-electron chi connectivity index (χ0n) is 15.6. The molecule has 30 heavy (non-hydrogen) atoms. The minimum Gasteiger partial charge on any atom is -0.288 e. The number of amides is 1. The van der Waals surface area contributed by atoms with Gasteiger partial charge in [-0.1, -0.05) is 23.4 Å². The van der Waals surface area contributed by atoms with E-state index in [-0.39, 0.29) is 17.8 Å². The van der Waals surface area contributed by atoms with E-state index >= 15 is 0 Å². The second-order valence-electron chi connectivity index (χ2n) is 6.62. The fourth-order valence-corrected chi connectivity index (χ4v) is 3.11. The lowest BCUT2D eigenvalue weighted by Gasteiger charge is -2.10. The number of halogens is 3. The van der Waals surface area contributed by atoms with Crippen molar-refractivity contribution >= 4 is 16.9 Å². The fourth-order valence-electron chi connectivity index (χ4n) is 3.11. The number of hydrogen-bond acceptors (Lipinski definition) is 5. The fraction of sp³-hybridized carbons (Fsp3) is 0.158. The van der Waals surface area contributed by atoms with Crippen molar-refractivity contribution in [2.75, 3.05) is 0 Å². The highest BCUT2D eigenvalue weighted by atomic mass is 19.4. The number of carbonyl (C=O) groups excluding carboxylic acids is 1. The van der Waals surface area contributed by atoms with E-state index in [9.17, 15) is 18.0 Å². The van der Waals surface area contributed by atoms with E-state index in [0.717, 1.165) is 16.3 Å². The summed E-state index contributed by atoms with van der Waals surface area (Å²) in [5.41, 5.74) is 3.24. The second kappa shape index (κ2) is 7.26. The third kappa shape index (κ3) is 3.62. The first kappa shape index (κ1) is 19.6. The van der Waals surface area contributed by atoms with E-state index in [0.29, 0.717) is 16.6 Å². The van der Waals surface area contributed by atoms with Gasteiger partial charge in [-0.15, -0.1) is 5.10 Å². The van der Waals surface area contributed by atoms with Crippen LogP contribution >= 0.6 is 0 Å². The normalized spacial score (nSPS) is 11.8.